The number of carbonyl (C=O) groups excluding carboxylic acids is 1. The van der Waals surface area contributed by atoms with Crippen molar-refractivity contribution in [2.75, 3.05) is 18.4 Å². The van der Waals surface area contributed by atoms with Crippen LogP contribution in [0.4, 0.5) is 5.13 Å². The van der Waals surface area contributed by atoms with Crippen LogP contribution in [0.1, 0.15) is 19.8 Å². The third-order valence-electron chi connectivity index (χ3n) is 3.48. The van der Waals surface area contributed by atoms with Crippen LogP contribution in [0.25, 0.3) is 10.2 Å². The summed E-state index contributed by atoms with van der Waals surface area (Å²) in [5.74, 6) is 0.169. The molecule has 1 aliphatic heterocycles. The Morgan fingerprint density at radius 3 is 2.95 bits per heavy atom. The van der Waals surface area contributed by atoms with Crippen LogP contribution in [-0.2, 0) is 4.79 Å². The number of hydrogen-bond donors (Lipinski definition) is 1. The molecule has 20 heavy (non-hydrogen) atoms. The van der Waals surface area contributed by atoms with Gasteiger partial charge in [-0.05, 0) is 38.0 Å². The molecule has 1 fully saturated rings. The molecule has 106 valence electrons. The summed E-state index contributed by atoms with van der Waals surface area (Å²) in [6.45, 7) is 3.68. The van der Waals surface area contributed by atoms with Gasteiger partial charge in [0.2, 0.25) is 5.91 Å². The number of thiazole rings is 1. The molecule has 0 saturated carbocycles. The van der Waals surface area contributed by atoms with Crippen LogP contribution in [0.3, 0.4) is 0 Å². The minimum atomic E-state index is -0.225. The molecule has 1 N–H and O–H groups in total. The number of aromatic nitrogens is 1. The number of benzene rings is 1. The maximum atomic E-state index is 12.3. The highest BCUT2D eigenvalue weighted by Gasteiger charge is 2.23. The number of anilines is 1. The van der Waals surface area contributed by atoms with Gasteiger partial charge < -0.3 is 10.2 Å². The van der Waals surface area contributed by atoms with Gasteiger partial charge in [-0.3, -0.25) is 4.79 Å². The molecule has 1 unspecified atom stereocenters. The number of nitrogens with zero attached hydrogens (tertiary/aromatic N) is 2. The van der Waals surface area contributed by atoms with Gasteiger partial charge in [0, 0.05) is 17.6 Å². The molecule has 2 heterocycles. The number of nitrogens with one attached hydrogen (secondary N) is 1. The van der Waals surface area contributed by atoms with E-state index in [1.54, 1.807) is 11.3 Å². The number of carbonyl (C=O) groups is 1. The molecule has 1 saturated heterocycles. The van der Waals surface area contributed by atoms with E-state index in [1.807, 2.05) is 30.0 Å². The normalized spacial score (nSPS) is 16.6. The number of rotatable bonds is 3. The lowest BCUT2D eigenvalue weighted by atomic mass is 10.3. The molecule has 1 aliphatic rings. The maximum absolute atomic E-state index is 12.3. The molecule has 4 nitrogen and oxygen atoms in total. The Labute approximate surface area is 130 Å². The number of amides is 1. The lowest BCUT2D eigenvalue weighted by molar-refractivity contribution is -0.130. The standard InChI is InChI=1S/C14H16BrN3OS/c1-9(13(19)18-6-2-3-7-18)16-14-17-11-5-4-10(15)8-12(11)20-14/h4-5,8-9H,2-3,6-7H2,1H3,(H,16,17). The second kappa shape index (κ2) is 5.69. The largest absolute Gasteiger partial charge is 0.350 e. The fourth-order valence-corrected chi connectivity index (χ4v) is 3.92. The molecule has 0 spiro atoms. The van der Waals surface area contributed by atoms with E-state index in [-0.39, 0.29) is 11.9 Å². The van der Waals surface area contributed by atoms with Gasteiger partial charge in [-0.1, -0.05) is 27.3 Å². The van der Waals surface area contributed by atoms with Gasteiger partial charge >= 0.3 is 0 Å². The molecule has 2 aromatic rings. The summed E-state index contributed by atoms with van der Waals surface area (Å²) in [6.07, 6.45) is 2.24. The predicted octanol–water partition coefficient (Wildman–Crippen LogP) is 3.48. The summed E-state index contributed by atoms with van der Waals surface area (Å²) in [4.78, 5) is 18.7. The van der Waals surface area contributed by atoms with Crippen molar-refractivity contribution in [3.8, 4) is 0 Å². The molecule has 1 amide bonds. The van der Waals surface area contributed by atoms with Crippen molar-refractivity contribution in [3.63, 3.8) is 0 Å². The highest BCUT2D eigenvalue weighted by Crippen LogP contribution is 2.29. The van der Waals surface area contributed by atoms with Crippen LogP contribution in [0, 0.1) is 0 Å². The Morgan fingerprint density at radius 1 is 1.45 bits per heavy atom. The second-order valence-corrected chi connectivity index (χ2v) is 6.98. The summed E-state index contributed by atoms with van der Waals surface area (Å²) in [5.41, 5.74) is 0.960. The van der Waals surface area contributed by atoms with Crippen LogP contribution in [0.2, 0.25) is 0 Å². The SMILES string of the molecule is CC(Nc1nc2ccc(Br)cc2s1)C(=O)N1CCCC1. The maximum Gasteiger partial charge on any atom is 0.244 e. The fraction of sp³-hybridized carbons (Fsp3) is 0.429. The van der Waals surface area contributed by atoms with Gasteiger partial charge in [-0.25, -0.2) is 4.98 Å². The van der Waals surface area contributed by atoms with E-state index >= 15 is 0 Å². The van der Waals surface area contributed by atoms with Crippen molar-refractivity contribution in [2.24, 2.45) is 0 Å². The van der Waals surface area contributed by atoms with E-state index in [0.717, 1.165) is 45.8 Å². The Kier molecular flexibility index (Phi) is 3.94. The molecule has 6 heteroatoms. The van der Waals surface area contributed by atoms with Gasteiger partial charge in [0.15, 0.2) is 5.13 Å². The van der Waals surface area contributed by atoms with Gasteiger partial charge in [0.1, 0.15) is 6.04 Å². The average molecular weight is 354 g/mol. The van der Waals surface area contributed by atoms with Crippen LogP contribution in [0.15, 0.2) is 22.7 Å². The number of likely N-dealkylation sites (tertiary alicyclic amines) is 1. The van der Waals surface area contributed by atoms with E-state index in [0.29, 0.717) is 0 Å². The molecule has 1 aromatic heterocycles. The Bertz CT molecular complexity index is 636. The third-order valence-corrected chi connectivity index (χ3v) is 4.92. The lowest BCUT2D eigenvalue weighted by Crippen LogP contribution is -2.39. The summed E-state index contributed by atoms with van der Waals surface area (Å²) < 4.78 is 2.16. The number of hydrogen-bond acceptors (Lipinski definition) is 4. The highest BCUT2D eigenvalue weighted by atomic mass is 79.9. The summed E-state index contributed by atoms with van der Waals surface area (Å²) in [7, 11) is 0. The Balaban J connectivity index is 1.73. The first-order chi connectivity index (χ1) is 9.63. The van der Waals surface area contributed by atoms with Crippen LogP contribution >= 0.6 is 27.3 Å². The summed E-state index contributed by atoms with van der Waals surface area (Å²) in [5, 5.41) is 4.03. The van der Waals surface area contributed by atoms with Crippen molar-refractivity contribution in [2.45, 2.75) is 25.8 Å². The quantitative estimate of drug-likeness (QED) is 0.918. The first-order valence-corrected chi connectivity index (χ1v) is 8.36. The number of fused-ring (bicyclic) bond motifs is 1. The summed E-state index contributed by atoms with van der Waals surface area (Å²) >= 11 is 5.03. The molecular formula is C14H16BrN3OS. The molecule has 1 atom stereocenters. The van der Waals surface area contributed by atoms with Gasteiger partial charge in [-0.2, -0.15) is 0 Å². The zero-order chi connectivity index (χ0) is 14.1. The Morgan fingerprint density at radius 2 is 2.20 bits per heavy atom. The highest BCUT2D eigenvalue weighted by molar-refractivity contribution is 9.10. The zero-order valence-electron chi connectivity index (χ0n) is 11.2. The second-order valence-electron chi connectivity index (χ2n) is 5.03. The van der Waals surface area contributed by atoms with Crippen molar-refractivity contribution in [1.82, 2.24) is 9.88 Å². The summed E-state index contributed by atoms with van der Waals surface area (Å²) in [6, 6.07) is 5.78. The predicted molar refractivity (Wildman–Crippen MR) is 86.2 cm³/mol. The van der Waals surface area contributed by atoms with Gasteiger partial charge in [0.25, 0.3) is 0 Å². The molecular weight excluding hydrogens is 338 g/mol. The van der Waals surface area contributed by atoms with Crippen molar-refractivity contribution >= 4 is 48.5 Å². The minimum Gasteiger partial charge on any atom is -0.350 e. The molecule has 0 aliphatic carbocycles. The van der Waals surface area contributed by atoms with Crippen molar-refractivity contribution in [1.29, 1.82) is 0 Å². The average Bonchev–Trinajstić information content (AvgIpc) is 3.05. The van der Waals surface area contributed by atoms with Crippen LogP contribution in [-0.4, -0.2) is 34.9 Å². The van der Waals surface area contributed by atoms with Crippen LogP contribution < -0.4 is 5.32 Å². The Hall–Kier alpha value is -1.14. The molecule has 0 radical (unpaired) electrons. The monoisotopic (exact) mass is 353 g/mol. The first-order valence-electron chi connectivity index (χ1n) is 6.75. The van der Waals surface area contributed by atoms with E-state index in [1.165, 1.54) is 0 Å². The van der Waals surface area contributed by atoms with E-state index < -0.39 is 0 Å². The van der Waals surface area contributed by atoms with Crippen molar-refractivity contribution < 1.29 is 4.79 Å². The minimum absolute atomic E-state index is 0.169. The number of halogens is 1. The fourth-order valence-electron chi connectivity index (χ4n) is 2.42. The van der Waals surface area contributed by atoms with E-state index in [2.05, 4.69) is 26.2 Å². The molecule has 3 rings (SSSR count). The first kappa shape index (κ1) is 13.8. The van der Waals surface area contributed by atoms with Gasteiger partial charge in [0.05, 0.1) is 10.2 Å². The lowest BCUT2D eigenvalue weighted by Gasteiger charge is -2.20. The van der Waals surface area contributed by atoms with Crippen LogP contribution in [0.5, 0.6) is 0 Å². The smallest absolute Gasteiger partial charge is 0.244 e. The zero-order valence-corrected chi connectivity index (χ0v) is 13.6. The topological polar surface area (TPSA) is 45.2 Å². The van der Waals surface area contributed by atoms with Crippen molar-refractivity contribution in [3.05, 3.63) is 22.7 Å². The third kappa shape index (κ3) is 2.81. The van der Waals surface area contributed by atoms with E-state index in [9.17, 15) is 4.79 Å². The van der Waals surface area contributed by atoms with E-state index in [4.69, 9.17) is 0 Å². The van der Waals surface area contributed by atoms with Gasteiger partial charge in [-0.15, -0.1) is 0 Å². The molecule has 0 bridgehead atoms. The molecule has 1 aromatic carbocycles.